The summed E-state index contributed by atoms with van der Waals surface area (Å²) < 4.78 is 0. The fraction of sp³-hybridized carbons (Fsp3) is 0.250. The molecule has 5 nitrogen and oxygen atoms in total. The van der Waals surface area contributed by atoms with Crippen LogP contribution in [0, 0.1) is 0 Å². The predicted molar refractivity (Wildman–Crippen MR) is 85.1 cm³/mol. The largest absolute Gasteiger partial charge is 0.506 e. The number of aromatic amines is 1. The first kappa shape index (κ1) is 16.1. The molecule has 0 fully saturated rings. The molecule has 0 saturated heterocycles. The van der Waals surface area contributed by atoms with Gasteiger partial charge in [0.2, 0.25) is 0 Å². The maximum atomic E-state index is 12.0. The molecule has 1 unspecified atom stereocenters. The van der Waals surface area contributed by atoms with Crippen LogP contribution in [0.5, 0.6) is 5.75 Å². The Labute approximate surface area is 133 Å². The molecule has 0 amide bonds. The van der Waals surface area contributed by atoms with Crippen LogP contribution in [0.2, 0.25) is 0 Å². The maximum Gasteiger partial charge on any atom is 0.345 e. The van der Waals surface area contributed by atoms with E-state index >= 15 is 0 Å². The Morgan fingerprint density at radius 1 is 1.32 bits per heavy atom. The Hall–Kier alpha value is -2.27. The maximum absolute atomic E-state index is 12.0. The second-order valence-corrected chi connectivity index (χ2v) is 5.37. The number of H-pyrrole nitrogens is 1. The smallest absolute Gasteiger partial charge is 0.345 e. The van der Waals surface area contributed by atoms with Crippen molar-refractivity contribution in [2.45, 2.75) is 25.7 Å². The molecular formula is C16H16ClNO4. The number of carbonyl (C=O) groups is 1. The van der Waals surface area contributed by atoms with Crippen LogP contribution in [-0.4, -0.2) is 21.2 Å². The number of nitrogens with one attached hydrogen (secondary N) is 1. The third kappa shape index (κ3) is 2.37. The lowest BCUT2D eigenvalue weighted by atomic mass is 9.93. The van der Waals surface area contributed by atoms with Crippen LogP contribution in [-0.2, 0) is 6.42 Å². The number of aromatic nitrogens is 1. The van der Waals surface area contributed by atoms with Crippen molar-refractivity contribution in [1.29, 1.82) is 0 Å². The second-order valence-electron chi connectivity index (χ2n) is 5.37. The highest BCUT2D eigenvalue weighted by molar-refractivity contribution is 5.92. The number of pyridine rings is 1. The number of carboxylic acid groups (broad SMARTS) is 1. The van der Waals surface area contributed by atoms with Crippen LogP contribution in [0.15, 0.2) is 29.1 Å². The van der Waals surface area contributed by atoms with Gasteiger partial charge in [0.25, 0.3) is 5.56 Å². The minimum atomic E-state index is -1.42. The number of aryl methyl sites for hydroxylation is 1. The average molecular weight is 322 g/mol. The quantitative estimate of drug-likeness (QED) is 0.753. The van der Waals surface area contributed by atoms with Crippen molar-refractivity contribution in [3.63, 3.8) is 0 Å². The number of fused-ring (bicyclic) bond motifs is 3. The Morgan fingerprint density at radius 2 is 2.00 bits per heavy atom. The van der Waals surface area contributed by atoms with Crippen LogP contribution in [0.4, 0.5) is 0 Å². The van der Waals surface area contributed by atoms with Crippen molar-refractivity contribution < 1.29 is 15.0 Å². The summed E-state index contributed by atoms with van der Waals surface area (Å²) in [7, 11) is 0. The van der Waals surface area contributed by atoms with E-state index in [1.807, 2.05) is 31.2 Å². The molecule has 3 N–H and O–H groups in total. The van der Waals surface area contributed by atoms with Crippen molar-refractivity contribution >= 4 is 18.4 Å². The number of halogens is 1. The minimum Gasteiger partial charge on any atom is -0.506 e. The molecule has 1 atom stereocenters. The predicted octanol–water partition coefficient (Wildman–Crippen LogP) is 2.92. The van der Waals surface area contributed by atoms with Gasteiger partial charge in [0.05, 0.1) is 5.69 Å². The van der Waals surface area contributed by atoms with Crippen LogP contribution >= 0.6 is 12.4 Å². The summed E-state index contributed by atoms with van der Waals surface area (Å²) in [6, 6.07) is 7.65. The molecule has 6 heteroatoms. The van der Waals surface area contributed by atoms with E-state index in [9.17, 15) is 14.7 Å². The summed E-state index contributed by atoms with van der Waals surface area (Å²) in [4.78, 5) is 25.8. The van der Waals surface area contributed by atoms with Crippen LogP contribution in [0.3, 0.4) is 0 Å². The fourth-order valence-corrected chi connectivity index (χ4v) is 2.99. The molecule has 1 aromatic heterocycles. The molecule has 0 bridgehead atoms. The standard InChI is InChI=1S/C16H15NO4.ClH/c1-8-6-7-9-4-2-3-5-10(9)13-11(8)14(18)12(16(20)21)15(19)17-13;/h2-5,8H,6-7H2,1H3,(H,20,21)(H2,17,18,19);1H. The van der Waals surface area contributed by atoms with E-state index in [2.05, 4.69) is 4.98 Å². The molecule has 1 heterocycles. The first-order valence-corrected chi connectivity index (χ1v) is 6.81. The molecule has 0 aliphatic heterocycles. The van der Waals surface area contributed by atoms with E-state index in [0.717, 1.165) is 24.0 Å². The summed E-state index contributed by atoms with van der Waals surface area (Å²) in [5, 5.41) is 19.4. The van der Waals surface area contributed by atoms with Crippen molar-refractivity contribution in [2.24, 2.45) is 0 Å². The first-order chi connectivity index (χ1) is 10.0. The number of aromatic hydroxyl groups is 1. The normalized spacial score (nSPS) is 16.0. The highest BCUT2D eigenvalue weighted by Gasteiger charge is 2.28. The van der Waals surface area contributed by atoms with Gasteiger partial charge in [-0.3, -0.25) is 4.79 Å². The average Bonchev–Trinajstić information content (AvgIpc) is 2.57. The third-order valence-electron chi connectivity index (χ3n) is 4.07. The molecule has 22 heavy (non-hydrogen) atoms. The Bertz CT molecular complexity index is 797. The molecule has 0 radical (unpaired) electrons. The minimum absolute atomic E-state index is 0. The molecule has 2 aromatic rings. The molecule has 1 aliphatic carbocycles. The second kappa shape index (κ2) is 5.85. The monoisotopic (exact) mass is 321 g/mol. The number of benzene rings is 1. The van der Waals surface area contributed by atoms with Gasteiger partial charge in [-0.1, -0.05) is 31.2 Å². The van der Waals surface area contributed by atoms with E-state index < -0.39 is 22.8 Å². The molecule has 3 rings (SSSR count). The topological polar surface area (TPSA) is 90.4 Å². The zero-order valence-electron chi connectivity index (χ0n) is 11.9. The van der Waals surface area contributed by atoms with Crippen LogP contribution < -0.4 is 5.56 Å². The number of hydrogen-bond donors (Lipinski definition) is 3. The van der Waals surface area contributed by atoms with Gasteiger partial charge in [0.15, 0.2) is 5.56 Å². The fourth-order valence-electron chi connectivity index (χ4n) is 2.99. The molecular weight excluding hydrogens is 306 g/mol. The number of hydrogen-bond acceptors (Lipinski definition) is 3. The summed E-state index contributed by atoms with van der Waals surface area (Å²) in [6.45, 7) is 1.92. The Morgan fingerprint density at radius 3 is 2.68 bits per heavy atom. The van der Waals surface area contributed by atoms with Gasteiger partial charge in [0, 0.05) is 11.1 Å². The van der Waals surface area contributed by atoms with Crippen molar-refractivity contribution in [1.82, 2.24) is 4.98 Å². The lowest BCUT2D eigenvalue weighted by Crippen LogP contribution is -2.20. The van der Waals surface area contributed by atoms with E-state index in [-0.39, 0.29) is 18.3 Å². The Kier molecular flexibility index (Phi) is 4.28. The van der Waals surface area contributed by atoms with E-state index in [1.165, 1.54) is 0 Å². The van der Waals surface area contributed by atoms with E-state index in [0.29, 0.717) is 11.3 Å². The SMILES string of the molecule is CC1CCc2ccccc2-c2[nH]c(=O)c(C(=O)O)c(O)c21.Cl. The molecule has 1 aliphatic rings. The molecule has 0 spiro atoms. The van der Waals surface area contributed by atoms with Crippen LogP contribution in [0.1, 0.15) is 40.7 Å². The first-order valence-electron chi connectivity index (χ1n) is 6.81. The zero-order chi connectivity index (χ0) is 15.1. The van der Waals surface area contributed by atoms with Gasteiger partial charge in [-0.25, -0.2) is 4.79 Å². The zero-order valence-corrected chi connectivity index (χ0v) is 12.7. The van der Waals surface area contributed by atoms with Crippen molar-refractivity contribution in [3.05, 3.63) is 51.3 Å². The van der Waals surface area contributed by atoms with Crippen molar-refractivity contribution in [3.8, 4) is 17.0 Å². The summed E-state index contributed by atoms with van der Waals surface area (Å²) >= 11 is 0. The van der Waals surface area contributed by atoms with Gasteiger partial charge < -0.3 is 15.2 Å². The number of carboxylic acids is 1. The van der Waals surface area contributed by atoms with Gasteiger partial charge in [-0.05, 0) is 24.3 Å². The summed E-state index contributed by atoms with van der Waals surface area (Å²) in [5.74, 6) is -1.87. The number of rotatable bonds is 1. The molecule has 0 saturated carbocycles. The highest BCUT2D eigenvalue weighted by atomic mass is 35.5. The van der Waals surface area contributed by atoms with E-state index in [4.69, 9.17) is 5.11 Å². The van der Waals surface area contributed by atoms with Gasteiger partial charge in [-0.2, -0.15) is 0 Å². The van der Waals surface area contributed by atoms with Crippen LogP contribution in [0.25, 0.3) is 11.3 Å². The summed E-state index contributed by atoms with van der Waals surface area (Å²) in [5.41, 5.74) is 1.62. The Balaban J connectivity index is 0.00000176. The lowest BCUT2D eigenvalue weighted by Gasteiger charge is -2.16. The van der Waals surface area contributed by atoms with Gasteiger partial charge in [-0.15, -0.1) is 12.4 Å². The lowest BCUT2D eigenvalue weighted by molar-refractivity contribution is 0.0691. The van der Waals surface area contributed by atoms with Crippen molar-refractivity contribution in [2.75, 3.05) is 0 Å². The van der Waals surface area contributed by atoms with Gasteiger partial charge in [0.1, 0.15) is 5.75 Å². The van der Waals surface area contributed by atoms with Gasteiger partial charge >= 0.3 is 5.97 Å². The molecule has 1 aromatic carbocycles. The number of aromatic carboxylic acids is 1. The van der Waals surface area contributed by atoms with E-state index in [1.54, 1.807) is 0 Å². The highest BCUT2D eigenvalue weighted by Crippen LogP contribution is 2.41. The molecule has 116 valence electrons. The summed E-state index contributed by atoms with van der Waals surface area (Å²) in [6.07, 6.45) is 1.60. The third-order valence-corrected chi connectivity index (χ3v) is 4.07.